The van der Waals surface area contributed by atoms with E-state index >= 15 is 0 Å². The van der Waals surface area contributed by atoms with Crippen molar-refractivity contribution in [1.29, 1.82) is 0 Å². The highest BCUT2D eigenvalue weighted by Crippen LogP contribution is 2.52. The summed E-state index contributed by atoms with van der Waals surface area (Å²) in [6, 6.07) is 4.24. The van der Waals surface area contributed by atoms with Crippen LogP contribution in [0.1, 0.15) is 18.2 Å². The number of imide groups is 1. The minimum Gasteiger partial charge on any atom is -0.356 e. The van der Waals surface area contributed by atoms with E-state index in [-0.39, 0.29) is 35.5 Å². The van der Waals surface area contributed by atoms with Gasteiger partial charge in [-0.1, -0.05) is 25.1 Å². The van der Waals surface area contributed by atoms with E-state index < -0.39 is 0 Å². The number of fused-ring (bicyclic) bond motifs is 5. The van der Waals surface area contributed by atoms with Crippen molar-refractivity contribution in [2.75, 3.05) is 26.7 Å². The maximum atomic E-state index is 12.7. The van der Waals surface area contributed by atoms with Crippen molar-refractivity contribution in [3.63, 3.8) is 0 Å². The molecular weight excluding hydrogens is 372 g/mol. The second-order valence-electron chi connectivity index (χ2n) is 8.10. The number of carbonyl (C=O) groups excluding carboxylic acids is 2. The molecule has 5 atom stereocenters. The number of aliphatic imine (C=N–C) groups is 1. The minimum absolute atomic E-state index is 0.0150. The first-order valence-corrected chi connectivity index (χ1v) is 11.0. The molecule has 7 heteroatoms. The van der Waals surface area contributed by atoms with Gasteiger partial charge in [-0.05, 0) is 42.0 Å². The summed E-state index contributed by atoms with van der Waals surface area (Å²) in [5, 5.41) is 8.68. The SMILES string of the molecule is CN=C(NCCN1C(=O)C2C3C=CC(C3)C2C1=O)NCC(C)Cc1cccs1. The van der Waals surface area contributed by atoms with Gasteiger partial charge in [0.2, 0.25) is 11.8 Å². The first-order valence-electron chi connectivity index (χ1n) is 10.1. The third-order valence-corrected chi connectivity index (χ3v) is 7.06. The Balaban J connectivity index is 1.22. The number of allylic oxidation sites excluding steroid dienone is 2. The summed E-state index contributed by atoms with van der Waals surface area (Å²) in [6.07, 6.45) is 6.26. The van der Waals surface area contributed by atoms with Crippen LogP contribution in [0.4, 0.5) is 0 Å². The summed E-state index contributed by atoms with van der Waals surface area (Å²) in [5.41, 5.74) is 0. The molecule has 4 rings (SSSR count). The van der Waals surface area contributed by atoms with Crippen molar-refractivity contribution in [1.82, 2.24) is 15.5 Å². The summed E-state index contributed by atoms with van der Waals surface area (Å²) >= 11 is 1.78. The highest BCUT2D eigenvalue weighted by Gasteiger charge is 2.58. The molecule has 5 unspecified atom stereocenters. The molecule has 2 N–H and O–H groups in total. The van der Waals surface area contributed by atoms with E-state index in [1.165, 1.54) is 9.78 Å². The van der Waals surface area contributed by atoms with Gasteiger partial charge in [-0.2, -0.15) is 0 Å². The Hall–Kier alpha value is -2.15. The van der Waals surface area contributed by atoms with Crippen LogP contribution >= 0.6 is 11.3 Å². The van der Waals surface area contributed by atoms with E-state index in [0.29, 0.717) is 25.0 Å². The Morgan fingerprint density at radius 2 is 1.96 bits per heavy atom. The van der Waals surface area contributed by atoms with E-state index in [9.17, 15) is 9.59 Å². The van der Waals surface area contributed by atoms with Crippen molar-refractivity contribution in [2.24, 2.45) is 34.6 Å². The molecule has 2 bridgehead atoms. The zero-order valence-electron chi connectivity index (χ0n) is 16.4. The monoisotopic (exact) mass is 400 g/mol. The van der Waals surface area contributed by atoms with Gasteiger partial charge in [-0.25, -0.2) is 0 Å². The van der Waals surface area contributed by atoms with Crippen molar-refractivity contribution < 1.29 is 9.59 Å². The topological polar surface area (TPSA) is 73.8 Å². The molecule has 2 amide bonds. The normalized spacial score (nSPS) is 29.5. The largest absolute Gasteiger partial charge is 0.356 e. The smallest absolute Gasteiger partial charge is 0.233 e. The van der Waals surface area contributed by atoms with Gasteiger partial charge in [0.1, 0.15) is 0 Å². The number of thiophene rings is 1. The average Bonchev–Trinajstić information content (AvgIpc) is 3.46. The lowest BCUT2D eigenvalue weighted by atomic mass is 9.85. The van der Waals surface area contributed by atoms with Gasteiger partial charge in [0.05, 0.1) is 11.8 Å². The summed E-state index contributed by atoms with van der Waals surface area (Å²) in [5.74, 6) is 1.53. The maximum absolute atomic E-state index is 12.7. The first kappa shape index (κ1) is 19.2. The summed E-state index contributed by atoms with van der Waals surface area (Å²) in [4.78, 5) is 32.5. The molecule has 0 radical (unpaired) electrons. The van der Waals surface area contributed by atoms with Crippen LogP contribution in [0.5, 0.6) is 0 Å². The Kier molecular flexibility index (Phi) is 5.53. The van der Waals surface area contributed by atoms with E-state index in [4.69, 9.17) is 0 Å². The quantitative estimate of drug-likeness (QED) is 0.317. The molecule has 150 valence electrons. The lowest BCUT2D eigenvalue weighted by Crippen LogP contribution is -2.44. The van der Waals surface area contributed by atoms with Crippen LogP contribution in [-0.2, 0) is 16.0 Å². The molecule has 28 heavy (non-hydrogen) atoms. The predicted molar refractivity (Wildman–Crippen MR) is 111 cm³/mol. The number of carbonyl (C=O) groups is 2. The van der Waals surface area contributed by atoms with Gasteiger partial charge < -0.3 is 10.6 Å². The van der Waals surface area contributed by atoms with E-state index in [1.807, 2.05) is 0 Å². The third kappa shape index (κ3) is 3.60. The van der Waals surface area contributed by atoms with E-state index in [0.717, 1.165) is 19.4 Å². The fraction of sp³-hybridized carbons (Fsp3) is 0.571. The lowest BCUT2D eigenvalue weighted by molar-refractivity contribution is -0.140. The molecule has 2 aliphatic carbocycles. The van der Waals surface area contributed by atoms with Crippen LogP contribution in [0, 0.1) is 29.6 Å². The number of nitrogens with zero attached hydrogens (tertiary/aromatic N) is 2. The molecule has 6 nitrogen and oxygen atoms in total. The fourth-order valence-corrected chi connectivity index (χ4v) is 5.68. The number of hydrogen-bond acceptors (Lipinski definition) is 4. The zero-order chi connectivity index (χ0) is 19.7. The van der Waals surface area contributed by atoms with Gasteiger partial charge in [-0.3, -0.25) is 19.5 Å². The molecule has 2 fully saturated rings. The second-order valence-corrected chi connectivity index (χ2v) is 9.13. The minimum atomic E-state index is -0.113. The maximum Gasteiger partial charge on any atom is 0.233 e. The highest BCUT2D eigenvalue weighted by molar-refractivity contribution is 7.09. The van der Waals surface area contributed by atoms with Gasteiger partial charge in [0.25, 0.3) is 0 Å². The number of hydrogen-bond donors (Lipinski definition) is 2. The van der Waals surface area contributed by atoms with Gasteiger partial charge in [0.15, 0.2) is 5.96 Å². The van der Waals surface area contributed by atoms with Crippen molar-refractivity contribution >= 4 is 29.1 Å². The standard InChI is InChI=1S/C21H28N4O2S/c1-13(10-16-4-3-9-28-16)12-24-21(22-2)23-7-8-25-19(26)17-14-5-6-15(11-14)18(17)20(25)27/h3-6,9,13-15,17-18H,7-8,10-12H2,1-2H3,(H2,22,23,24). The Bertz CT molecular complexity index is 758. The number of guanidine groups is 1. The number of likely N-dealkylation sites (tertiary alicyclic amines) is 1. The molecule has 1 aromatic rings. The van der Waals surface area contributed by atoms with Crippen LogP contribution in [-0.4, -0.2) is 49.4 Å². The summed E-state index contributed by atoms with van der Waals surface area (Å²) in [7, 11) is 1.74. The van der Waals surface area contributed by atoms with Crippen molar-refractivity contribution in [3.8, 4) is 0 Å². The van der Waals surface area contributed by atoms with Crippen molar-refractivity contribution in [2.45, 2.75) is 19.8 Å². The van der Waals surface area contributed by atoms with Crippen LogP contribution in [0.25, 0.3) is 0 Å². The zero-order valence-corrected chi connectivity index (χ0v) is 17.2. The highest BCUT2D eigenvalue weighted by atomic mass is 32.1. The Morgan fingerprint density at radius 3 is 2.57 bits per heavy atom. The average molecular weight is 401 g/mol. The molecule has 0 spiro atoms. The summed E-state index contributed by atoms with van der Waals surface area (Å²) < 4.78 is 0. The molecule has 1 saturated carbocycles. The Morgan fingerprint density at radius 1 is 1.25 bits per heavy atom. The first-order chi connectivity index (χ1) is 13.6. The van der Waals surface area contributed by atoms with Crippen LogP contribution in [0.2, 0.25) is 0 Å². The van der Waals surface area contributed by atoms with Crippen LogP contribution in [0.15, 0.2) is 34.7 Å². The third-order valence-electron chi connectivity index (χ3n) is 6.16. The van der Waals surface area contributed by atoms with Crippen LogP contribution in [0.3, 0.4) is 0 Å². The molecule has 2 heterocycles. The molecule has 1 saturated heterocycles. The molecule has 1 aliphatic heterocycles. The summed E-state index contributed by atoms with van der Waals surface area (Å²) in [6.45, 7) is 3.94. The lowest BCUT2D eigenvalue weighted by Gasteiger charge is -2.19. The van der Waals surface area contributed by atoms with Crippen molar-refractivity contribution in [3.05, 3.63) is 34.5 Å². The van der Waals surface area contributed by atoms with E-state index in [2.05, 4.69) is 52.2 Å². The Labute approximate surface area is 170 Å². The van der Waals surface area contributed by atoms with Gasteiger partial charge >= 0.3 is 0 Å². The van der Waals surface area contributed by atoms with Gasteiger partial charge in [-0.15, -0.1) is 11.3 Å². The predicted octanol–water partition coefficient (Wildman–Crippen LogP) is 1.90. The number of nitrogens with one attached hydrogen (secondary N) is 2. The number of rotatable bonds is 7. The molecule has 1 aromatic heterocycles. The fourth-order valence-electron chi connectivity index (χ4n) is 4.81. The molecule has 3 aliphatic rings. The second kappa shape index (κ2) is 8.07. The van der Waals surface area contributed by atoms with Crippen LogP contribution < -0.4 is 10.6 Å². The molecular formula is C21H28N4O2S. The van der Waals surface area contributed by atoms with E-state index in [1.54, 1.807) is 18.4 Å². The molecule has 0 aromatic carbocycles. The number of amides is 2. The van der Waals surface area contributed by atoms with Gasteiger partial charge in [0, 0.05) is 31.6 Å².